The lowest BCUT2D eigenvalue weighted by Gasteiger charge is -2.21. The summed E-state index contributed by atoms with van der Waals surface area (Å²) in [5, 5.41) is 6.85. The van der Waals surface area contributed by atoms with Gasteiger partial charge in [0.05, 0.1) is 6.61 Å². The topological polar surface area (TPSA) is 46.2 Å². The monoisotopic (exact) mass is 283 g/mol. The third-order valence-electron chi connectivity index (χ3n) is 3.63. The Hall–Kier alpha value is -2.07. The van der Waals surface area contributed by atoms with Gasteiger partial charge in [0.15, 0.2) is 11.6 Å². The largest absolute Gasteiger partial charge is 0.490 e. The number of ether oxygens (including phenoxy) is 1. The maximum atomic E-state index is 5.77. The Balaban J connectivity index is 1.87. The van der Waals surface area contributed by atoms with Crippen molar-refractivity contribution in [3.05, 3.63) is 47.7 Å². The van der Waals surface area contributed by atoms with Crippen LogP contribution in [0.15, 0.2) is 36.5 Å². The molecule has 0 spiro atoms. The first-order chi connectivity index (χ1) is 10.4. The number of fused-ring (bicyclic) bond motifs is 1. The highest BCUT2D eigenvalue weighted by Gasteiger charge is 2.14. The summed E-state index contributed by atoms with van der Waals surface area (Å²) in [6.07, 6.45) is 3.81. The van der Waals surface area contributed by atoms with Gasteiger partial charge in [-0.3, -0.25) is 0 Å². The molecular formula is C17H21N3O. The van der Waals surface area contributed by atoms with Crippen LogP contribution >= 0.6 is 0 Å². The van der Waals surface area contributed by atoms with Crippen LogP contribution in [0.25, 0.3) is 0 Å². The van der Waals surface area contributed by atoms with Crippen molar-refractivity contribution in [2.75, 3.05) is 18.5 Å². The van der Waals surface area contributed by atoms with Crippen LogP contribution in [0.4, 0.5) is 11.5 Å². The molecule has 4 nitrogen and oxygen atoms in total. The molecule has 0 radical (unpaired) electrons. The zero-order valence-corrected chi connectivity index (χ0v) is 12.4. The lowest BCUT2D eigenvalue weighted by atomic mass is 9.99. The summed E-state index contributed by atoms with van der Waals surface area (Å²) < 4.78 is 5.77. The molecule has 0 fully saturated rings. The Morgan fingerprint density at radius 1 is 1.29 bits per heavy atom. The molecule has 110 valence electrons. The molecule has 0 bridgehead atoms. The standard InChI is InChI=1S/C17H21N3O/c1-2-11-21-16-7-4-9-19-17(16)20-15-6-3-5-13-12-18-10-8-14(13)15/h3-7,9,18H,2,8,10-12H2,1H3,(H,19,20). The van der Waals surface area contributed by atoms with Gasteiger partial charge in [-0.1, -0.05) is 19.1 Å². The van der Waals surface area contributed by atoms with Crippen LogP contribution in [-0.2, 0) is 13.0 Å². The van der Waals surface area contributed by atoms with Gasteiger partial charge in [0.2, 0.25) is 0 Å². The predicted octanol–water partition coefficient (Wildman–Crippen LogP) is 3.26. The Morgan fingerprint density at radius 2 is 2.24 bits per heavy atom. The summed E-state index contributed by atoms with van der Waals surface area (Å²) in [6, 6.07) is 10.2. The Morgan fingerprint density at radius 3 is 3.14 bits per heavy atom. The maximum Gasteiger partial charge on any atom is 0.173 e. The molecule has 0 saturated heterocycles. The Labute approximate surface area is 125 Å². The maximum absolute atomic E-state index is 5.77. The number of hydrogen-bond acceptors (Lipinski definition) is 4. The second-order valence-corrected chi connectivity index (χ2v) is 5.19. The van der Waals surface area contributed by atoms with Crippen LogP contribution in [0.3, 0.4) is 0 Å². The lowest BCUT2D eigenvalue weighted by molar-refractivity contribution is 0.318. The Bertz CT molecular complexity index is 613. The molecule has 2 heterocycles. The summed E-state index contributed by atoms with van der Waals surface area (Å²) in [5.41, 5.74) is 3.87. The fraction of sp³-hybridized carbons (Fsp3) is 0.353. The van der Waals surface area contributed by atoms with Crippen LogP contribution in [0.2, 0.25) is 0 Å². The van der Waals surface area contributed by atoms with Gasteiger partial charge in [-0.15, -0.1) is 0 Å². The van der Waals surface area contributed by atoms with E-state index in [4.69, 9.17) is 4.74 Å². The minimum absolute atomic E-state index is 0.706. The van der Waals surface area contributed by atoms with E-state index in [1.54, 1.807) is 6.20 Å². The van der Waals surface area contributed by atoms with Gasteiger partial charge >= 0.3 is 0 Å². The molecule has 21 heavy (non-hydrogen) atoms. The summed E-state index contributed by atoms with van der Waals surface area (Å²) in [4.78, 5) is 4.42. The first kappa shape index (κ1) is 13.9. The smallest absolute Gasteiger partial charge is 0.173 e. The fourth-order valence-corrected chi connectivity index (χ4v) is 2.59. The minimum Gasteiger partial charge on any atom is -0.490 e. The number of hydrogen-bond donors (Lipinski definition) is 2. The predicted molar refractivity (Wildman–Crippen MR) is 85.2 cm³/mol. The zero-order chi connectivity index (χ0) is 14.5. The summed E-state index contributed by atoms with van der Waals surface area (Å²) >= 11 is 0. The van der Waals surface area contributed by atoms with Crippen LogP contribution in [0, 0.1) is 0 Å². The van der Waals surface area contributed by atoms with E-state index in [0.29, 0.717) is 6.61 Å². The third-order valence-corrected chi connectivity index (χ3v) is 3.63. The van der Waals surface area contributed by atoms with E-state index in [2.05, 4.69) is 40.7 Å². The van der Waals surface area contributed by atoms with E-state index < -0.39 is 0 Å². The lowest BCUT2D eigenvalue weighted by Crippen LogP contribution is -2.24. The van der Waals surface area contributed by atoms with Crippen molar-refractivity contribution >= 4 is 11.5 Å². The minimum atomic E-state index is 0.706. The fourth-order valence-electron chi connectivity index (χ4n) is 2.59. The molecule has 0 atom stereocenters. The molecule has 0 amide bonds. The summed E-state index contributed by atoms with van der Waals surface area (Å²) in [6.45, 7) is 4.76. The highest BCUT2D eigenvalue weighted by molar-refractivity contribution is 5.66. The first-order valence-corrected chi connectivity index (χ1v) is 7.55. The van der Waals surface area contributed by atoms with Crippen molar-refractivity contribution < 1.29 is 4.74 Å². The zero-order valence-electron chi connectivity index (χ0n) is 12.4. The van der Waals surface area contributed by atoms with Gasteiger partial charge in [0.1, 0.15) is 0 Å². The number of pyridine rings is 1. The van der Waals surface area contributed by atoms with E-state index in [1.165, 1.54) is 11.1 Å². The number of aromatic nitrogens is 1. The molecule has 2 N–H and O–H groups in total. The van der Waals surface area contributed by atoms with Gasteiger partial charge in [-0.2, -0.15) is 0 Å². The van der Waals surface area contributed by atoms with E-state index in [1.807, 2.05) is 12.1 Å². The van der Waals surface area contributed by atoms with Crippen LogP contribution in [0.1, 0.15) is 24.5 Å². The molecular weight excluding hydrogens is 262 g/mol. The highest BCUT2D eigenvalue weighted by Crippen LogP contribution is 2.29. The van der Waals surface area contributed by atoms with E-state index in [0.717, 1.165) is 43.2 Å². The number of benzene rings is 1. The second kappa shape index (κ2) is 6.59. The van der Waals surface area contributed by atoms with Crippen molar-refractivity contribution in [2.45, 2.75) is 26.3 Å². The summed E-state index contributed by atoms with van der Waals surface area (Å²) in [7, 11) is 0. The summed E-state index contributed by atoms with van der Waals surface area (Å²) in [5.74, 6) is 1.60. The van der Waals surface area contributed by atoms with Gasteiger partial charge in [0.25, 0.3) is 0 Å². The number of anilines is 2. The molecule has 4 heteroatoms. The van der Waals surface area contributed by atoms with Crippen LogP contribution in [0.5, 0.6) is 5.75 Å². The van der Waals surface area contributed by atoms with Gasteiger partial charge in [-0.25, -0.2) is 4.98 Å². The number of nitrogens with zero attached hydrogens (tertiary/aromatic N) is 1. The molecule has 1 aliphatic heterocycles. The van der Waals surface area contributed by atoms with E-state index in [-0.39, 0.29) is 0 Å². The van der Waals surface area contributed by atoms with Gasteiger partial charge in [-0.05, 0) is 48.7 Å². The normalized spacial score (nSPS) is 13.6. The number of nitrogens with one attached hydrogen (secondary N) is 2. The molecule has 2 aromatic rings. The number of rotatable bonds is 5. The molecule has 1 aromatic carbocycles. The van der Waals surface area contributed by atoms with Crippen molar-refractivity contribution in [1.82, 2.24) is 10.3 Å². The van der Waals surface area contributed by atoms with Gasteiger partial charge < -0.3 is 15.4 Å². The molecule has 3 rings (SSSR count). The van der Waals surface area contributed by atoms with Crippen molar-refractivity contribution in [2.24, 2.45) is 0 Å². The van der Waals surface area contributed by atoms with Gasteiger partial charge in [0, 0.05) is 18.4 Å². The van der Waals surface area contributed by atoms with Crippen molar-refractivity contribution in [3.63, 3.8) is 0 Å². The quantitative estimate of drug-likeness (QED) is 0.884. The molecule has 0 saturated carbocycles. The Kier molecular flexibility index (Phi) is 4.36. The molecule has 1 aliphatic rings. The SMILES string of the molecule is CCCOc1cccnc1Nc1cccc2c1CCNC2. The molecule has 0 aliphatic carbocycles. The van der Waals surface area contributed by atoms with Crippen LogP contribution in [-0.4, -0.2) is 18.1 Å². The van der Waals surface area contributed by atoms with E-state index >= 15 is 0 Å². The third kappa shape index (κ3) is 3.16. The average Bonchev–Trinajstić information content (AvgIpc) is 2.54. The van der Waals surface area contributed by atoms with Crippen molar-refractivity contribution in [1.29, 1.82) is 0 Å². The second-order valence-electron chi connectivity index (χ2n) is 5.19. The van der Waals surface area contributed by atoms with E-state index in [9.17, 15) is 0 Å². The first-order valence-electron chi connectivity index (χ1n) is 7.55. The average molecular weight is 283 g/mol. The molecule has 1 aromatic heterocycles. The van der Waals surface area contributed by atoms with Crippen molar-refractivity contribution in [3.8, 4) is 5.75 Å². The molecule has 0 unspecified atom stereocenters. The highest BCUT2D eigenvalue weighted by atomic mass is 16.5. The van der Waals surface area contributed by atoms with Crippen LogP contribution < -0.4 is 15.4 Å².